The summed E-state index contributed by atoms with van der Waals surface area (Å²) in [5, 5.41) is 10.9. The summed E-state index contributed by atoms with van der Waals surface area (Å²) in [5.41, 5.74) is 2.87. The number of esters is 1. The molecular weight excluding hydrogens is 643 g/mol. The number of fused-ring (bicyclic) bond motifs is 1. The third-order valence-electron chi connectivity index (χ3n) is 7.53. The second-order valence-corrected chi connectivity index (χ2v) is 13.6. The van der Waals surface area contributed by atoms with Crippen molar-refractivity contribution >= 4 is 39.2 Å². The first-order valence-corrected chi connectivity index (χ1v) is 17.3. The second kappa shape index (κ2) is 13.9. The highest BCUT2D eigenvalue weighted by Crippen LogP contribution is 2.33. The number of allylic oxidation sites excluding steroid dienone is 1. The Labute approximate surface area is 275 Å². The van der Waals surface area contributed by atoms with Crippen LogP contribution in [0.25, 0.3) is 6.08 Å². The average molecular weight is 676 g/mol. The first-order chi connectivity index (χ1) is 22.4. The van der Waals surface area contributed by atoms with Gasteiger partial charge >= 0.3 is 16.1 Å². The fraction of sp³-hybridized carbons (Fsp3) is 0.265. The van der Waals surface area contributed by atoms with E-state index in [1.807, 2.05) is 31.2 Å². The van der Waals surface area contributed by atoms with Crippen LogP contribution >= 0.6 is 11.3 Å². The fourth-order valence-electron chi connectivity index (χ4n) is 5.18. The van der Waals surface area contributed by atoms with Gasteiger partial charge in [-0.15, -0.1) is 0 Å². The van der Waals surface area contributed by atoms with E-state index < -0.39 is 27.1 Å². The molecule has 1 aromatic heterocycles. The van der Waals surface area contributed by atoms with Gasteiger partial charge in [0.25, 0.3) is 11.2 Å². The Morgan fingerprint density at radius 3 is 2.28 bits per heavy atom. The number of non-ortho nitro benzene ring substituents is 1. The van der Waals surface area contributed by atoms with Crippen molar-refractivity contribution < 1.29 is 27.1 Å². The van der Waals surface area contributed by atoms with Gasteiger partial charge in [-0.2, -0.15) is 8.42 Å². The van der Waals surface area contributed by atoms with E-state index in [9.17, 15) is 28.1 Å². The summed E-state index contributed by atoms with van der Waals surface area (Å²) < 4.78 is 38.0. The molecule has 0 saturated carbocycles. The highest BCUT2D eigenvalue weighted by atomic mass is 32.2. The average Bonchev–Trinajstić information content (AvgIpc) is 3.35. The van der Waals surface area contributed by atoms with Crippen molar-refractivity contribution in [2.24, 2.45) is 4.99 Å². The van der Waals surface area contributed by atoms with Crippen molar-refractivity contribution in [1.29, 1.82) is 0 Å². The molecule has 11 nitrogen and oxygen atoms in total. The smallest absolute Gasteiger partial charge is 0.339 e. The van der Waals surface area contributed by atoms with E-state index in [2.05, 4.69) is 13.8 Å². The molecule has 4 aromatic rings. The van der Waals surface area contributed by atoms with E-state index in [1.165, 1.54) is 23.5 Å². The minimum Gasteiger partial charge on any atom is -0.463 e. The van der Waals surface area contributed by atoms with Crippen LogP contribution in [0.4, 0.5) is 5.69 Å². The number of hydrogen-bond acceptors (Lipinski definition) is 10. The predicted octanol–water partition coefficient (Wildman–Crippen LogP) is 5.38. The molecule has 1 aliphatic rings. The number of benzene rings is 3. The number of carbonyl (C=O) groups is 1. The molecule has 2 heterocycles. The lowest BCUT2D eigenvalue weighted by atomic mass is 9.92. The Bertz CT molecular complexity index is 2130. The summed E-state index contributed by atoms with van der Waals surface area (Å²) in [6, 6.07) is 17.6. The van der Waals surface area contributed by atoms with Crippen LogP contribution < -0.4 is 19.1 Å². The molecule has 1 aliphatic heterocycles. The molecule has 47 heavy (non-hydrogen) atoms. The monoisotopic (exact) mass is 675 g/mol. The van der Waals surface area contributed by atoms with Crippen LogP contribution in [0.1, 0.15) is 69.2 Å². The lowest BCUT2D eigenvalue weighted by molar-refractivity contribution is -0.384. The van der Waals surface area contributed by atoms with Gasteiger partial charge < -0.3 is 8.92 Å². The van der Waals surface area contributed by atoms with Gasteiger partial charge in [0.05, 0.1) is 33.4 Å². The summed E-state index contributed by atoms with van der Waals surface area (Å²) in [6.45, 7) is 8.11. The SMILES string of the molecule is CCCC1=C(C(=O)OCC)[C@@H](c2ccc(C(C)C)cc2)n2c(s/c(=C\c3ccc(OS(=O)(=O)c4ccc([N+](=O)[O-])cc4)cc3)c2=O)=N1. The first-order valence-electron chi connectivity index (χ1n) is 15.0. The standard InChI is InChI=1S/C34H33N3O8S2/c1-5-7-28-30(33(39)44-6-2)31(24-12-10-23(11-13-24)21(3)4)36-32(38)29(46-34(36)35-28)20-22-8-16-26(17-9-22)45-47(42,43)27-18-14-25(15-19-27)37(40)41/h8-21,31H,5-7H2,1-4H3/b29-20-/t31-/m1/s1. The number of ether oxygens (including phenoxy) is 1. The molecule has 0 fully saturated rings. The summed E-state index contributed by atoms with van der Waals surface area (Å²) >= 11 is 1.20. The maximum Gasteiger partial charge on any atom is 0.339 e. The molecule has 0 radical (unpaired) electrons. The number of rotatable bonds is 11. The topological polar surface area (TPSA) is 147 Å². The minimum atomic E-state index is -4.24. The lowest BCUT2D eigenvalue weighted by Crippen LogP contribution is -2.40. The molecule has 0 amide bonds. The predicted molar refractivity (Wildman–Crippen MR) is 178 cm³/mol. The van der Waals surface area contributed by atoms with Crippen LogP contribution in [-0.4, -0.2) is 30.5 Å². The molecule has 3 aromatic carbocycles. The maximum absolute atomic E-state index is 14.0. The Kier molecular flexibility index (Phi) is 9.87. The molecule has 0 N–H and O–H groups in total. The van der Waals surface area contributed by atoms with Crippen LogP contribution in [0.15, 0.2) is 98.7 Å². The zero-order chi connectivity index (χ0) is 33.9. The van der Waals surface area contributed by atoms with Crippen molar-refractivity contribution in [3.63, 3.8) is 0 Å². The zero-order valence-corrected chi connectivity index (χ0v) is 27.8. The largest absolute Gasteiger partial charge is 0.463 e. The van der Waals surface area contributed by atoms with Crippen LogP contribution in [-0.2, 0) is 19.6 Å². The van der Waals surface area contributed by atoms with E-state index in [0.29, 0.717) is 38.5 Å². The van der Waals surface area contributed by atoms with Crippen LogP contribution in [0.2, 0.25) is 0 Å². The number of thiazole rings is 1. The van der Waals surface area contributed by atoms with E-state index >= 15 is 0 Å². The van der Waals surface area contributed by atoms with Crippen molar-refractivity contribution in [1.82, 2.24) is 4.57 Å². The molecule has 0 unspecified atom stereocenters. The third-order valence-corrected chi connectivity index (χ3v) is 9.78. The number of hydrogen-bond donors (Lipinski definition) is 0. The molecule has 244 valence electrons. The number of aromatic nitrogens is 1. The van der Waals surface area contributed by atoms with Gasteiger partial charge in [0.2, 0.25) is 0 Å². The van der Waals surface area contributed by atoms with Crippen molar-refractivity contribution in [3.05, 3.63) is 131 Å². The Morgan fingerprint density at radius 2 is 1.70 bits per heavy atom. The van der Waals surface area contributed by atoms with Gasteiger partial charge in [-0.25, -0.2) is 9.79 Å². The molecule has 1 atom stereocenters. The summed E-state index contributed by atoms with van der Waals surface area (Å²) in [4.78, 5) is 42.7. The molecule has 13 heteroatoms. The van der Waals surface area contributed by atoms with E-state index in [1.54, 1.807) is 29.7 Å². The zero-order valence-electron chi connectivity index (χ0n) is 26.2. The maximum atomic E-state index is 14.0. The van der Waals surface area contributed by atoms with Crippen molar-refractivity contribution in [2.45, 2.75) is 57.4 Å². The number of nitro benzene ring substituents is 1. The third kappa shape index (κ3) is 7.10. The molecule has 0 saturated heterocycles. The first kappa shape index (κ1) is 33.5. The highest BCUT2D eigenvalue weighted by molar-refractivity contribution is 7.87. The number of nitrogens with zero attached hydrogens (tertiary/aromatic N) is 3. The van der Waals surface area contributed by atoms with E-state index in [-0.39, 0.29) is 28.5 Å². The molecule has 0 aliphatic carbocycles. The van der Waals surface area contributed by atoms with Crippen molar-refractivity contribution in [3.8, 4) is 5.75 Å². The Morgan fingerprint density at radius 1 is 1.04 bits per heavy atom. The van der Waals surface area contributed by atoms with Gasteiger partial charge in [-0.1, -0.05) is 74.9 Å². The summed E-state index contributed by atoms with van der Waals surface area (Å²) in [5.74, 6) is -0.178. The van der Waals surface area contributed by atoms with Crippen LogP contribution in [0, 0.1) is 10.1 Å². The van der Waals surface area contributed by atoms with Crippen LogP contribution in [0.3, 0.4) is 0 Å². The molecular formula is C34H33N3O8S2. The quantitative estimate of drug-likeness (QED) is 0.0892. The number of carbonyl (C=O) groups excluding carboxylic acids is 1. The summed E-state index contributed by atoms with van der Waals surface area (Å²) in [6.07, 6.45) is 2.94. The molecule has 5 rings (SSSR count). The van der Waals surface area contributed by atoms with Gasteiger partial charge in [0.15, 0.2) is 4.80 Å². The molecule has 0 spiro atoms. The van der Waals surface area contributed by atoms with E-state index in [0.717, 1.165) is 41.8 Å². The Hall–Kier alpha value is -4.88. The van der Waals surface area contributed by atoms with Gasteiger partial charge in [0, 0.05) is 12.1 Å². The second-order valence-electron chi connectivity index (χ2n) is 11.1. The molecule has 0 bridgehead atoms. The number of nitro groups is 1. The normalized spacial score (nSPS) is 14.9. The van der Waals surface area contributed by atoms with Gasteiger partial charge in [0.1, 0.15) is 10.6 Å². The fourth-order valence-corrected chi connectivity index (χ4v) is 7.13. The van der Waals surface area contributed by atoms with Crippen LogP contribution in [0.5, 0.6) is 5.75 Å². The Balaban J connectivity index is 1.53. The van der Waals surface area contributed by atoms with Gasteiger partial charge in [-0.3, -0.25) is 19.5 Å². The van der Waals surface area contributed by atoms with E-state index in [4.69, 9.17) is 13.9 Å². The van der Waals surface area contributed by atoms with Crippen molar-refractivity contribution in [2.75, 3.05) is 6.61 Å². The lowest BCUT2D eigenvalue weighted by Gasteiger charge is -2.26. The highest BCUT2D eigenvalue weighted by Gasteiger charge is 2.34. The summed E-state index contributed by atoms with van der Waals surface area (Å²) in [7, 11) is -4.24. The minimum absolute atomic E-state index is 0.0232. The van der Waals surface area contributed by atoms with Gasteiger partial charge in [-0.05, 0) is 66.3 Å².